The van der Waals surface area contributed by atoms with E-state index < -0.39 is 0 Å². The maximum Gasteiger partial charge on any atom is 0.175 e. The second-order valence-corrected chi connectivity index (χ2v) is 4.44. The second-order valence-electron chi connectivity index (χ2n) is 4.44. The summed E-state index contributed by atoms with van der Waals surface area (Å²) in [5, 5.41) is 16.1. The molecule has 1 aliphatic carbocycles. The van der Waals surface area contributed by atoms with Gasteiger partial charge >= 0.3 is 0 Å². The number of hydrogen-bond acceptors (Lipinski definition) is 4. The maximum absolute atomic E-state index is 4.29. The minimum Gasteiger partial charge on any atom is -0.308 e. The molecule has 2 aromatic heterocycles. The average molecular weight is 229 g/mol. The zero-order valence-corrected chi connectivity index (χ0v) is 9.80. The van der Waals surface area contributed by atoms with Crippen LogP contribution in [0.2, 0.25) is 0 Å². The summed E-state index contributed by atoms with van der Waals surface area (Å²) in [4.78, 5) is 0. The molecule has 0 amide bonds. The number of hydrogen-bond donors (Lipinski definition) is 1. The van der Waals surface area contributed by atoms with Gasteiger partial charge in [-0.2, -0.15) is 10.2 Å². The van der Waals surface area contributed by atoms with Crippen molar-refractivity contribution in [1.29, 1.82) is 0 Å². The third-order valence-corrected chi connectivity index (χ3v) is 2.81. The minimum atomic E-state index is 0.699. The first kappa shape index (κ1) is 10.4. The van der Waals surface area contributed by atoms with Gasteiger partial charge < -0.3 is 5.32 Å². The molecule has 1 fully saturated rings. The van der Waals surface area contributed by atoms with Crippen molar-refractivity contribution in [3.8, 4) is 5.82 Å². The van der Waals surface area contributed by atoms with Crippen molar-refractivity contribution in [3.63, 3.8) is 0 Å². The fourth-order valence-electron chi connectivity index (χ4n) is 1.65. The number of nitrogens with one attached hydrogen (secondary N) is 1. The molecule has 0 saturated heterocycles. The summed E-state index contributed by atoms with van der Waals surface area (Å²) >= 11 is 0. The Balaban J connectivity index is 1.70. The van der Waals surface area contributed by atoms with Crippen LogP contribution in [0.15, 0.2) is 24.4 Å². The fourth-order valence-corrected chi connectivity index (χ4v) is 1.65. The van der Waals surface area contributed by atoms with Gasteiger partial charge in [0.15, 0.2) is 5.82 Å². The van der Waals surface area contributed by atoms with Gasteiger partial charge in [-0.25, -0.2) is 4.68 Å². The lowest BCUT2D eigenvalue weighted by Crippen LogP contribution is -2.16. The van der Waals surface area contributed by atoms with Crippen LogP contribution < -0.4 is 5.32 Å². The van der Waals surface area contributed by atoms with Gasteiger partial charge in [-0.05, 0) is 38.0 Å². The first-order chi connectivity index (χ1) is 8.31. The van der Waals surface area contributed by atoms with Crippen LogP contribution in [0.5, 0.6) is 0 Å². The van der Waals surface area contributed by atoms with Gasteiger partial charge in [-0.3, -0.25) is 0 Å². The van der Waals surface area contributed by atoms with E-state index in [0.29, 0.717) is 6.04 Å². The summed E-state index contributed by atoms with van der Waals surface area (Å²) in [5.41, 5.74) is 1.95. The van der Waals surface area contributed by atoms with Crippen molar-refractivity contribution in [2.24, 2.45) is 0 Å². The zero-order chi connectivity index (χ0) is 11.7. The molecule has 0 aromatic carbocycles. The molecule has 2 aromatic rings. The van der Waals surface area contributed by atoms with Crippen LogP contribution in [0, 0.1) is 6.92 Å². The molecule has 0 unspecified atom stereocenters. The summed E-state index contributed by atoms with van der Waals surface area (Å²) in [6, 6.07) is 6.59. The highest BCUT2D eigenvalue weighted by atomic mass is 15.3. The summed E-state index contributed by atoms with van der Waals surface area (Å²) in [7, 11) is 0. The predicted octanol–water partition coefficient (Wildman–Crippen LogP) is 1.22. The molecule has 2 heterocycles. The molecule has 0 bridgehead atoms. The third-order valence-electron chi connectivity index (χ3n) is 2.81. The highest BCUT2D eigenvalue weighted by Crippen LogP contribution is 2.18. The molecule has 0 atom stereocenters. The molecule has 1 N–H and O–H groups in total. The number of aromatic nitrogens is 4. The van der Waals surface area contributed by atoms with E-state index in [1.807, 2.05) is 31.3 Å². The smallest absolute Gasteiger partial charge is 0.175 e. The Hall–Kier alpha value is -1.75. The van der Waals surface area contributed by atoms with E-state index in [9.17, 15) is 0 Å². The largest absolute Gasteiger partial charge is 0.308 e. The summed E-state index contributed by atoms with van der Waals surface area (Å²) in [6.07, 6.45) is 4.47. The predicted molar refractivity (Wildman–Crippen MR) is 63.8 cm³/mol. The highest BCUT2D eigenvalue weighted by Gasteiger charge is 2.20. The standard InChI is InChI=1S/C12H15N5/c1-9-6-7-17(16-9)12-5-4-11(14-15-12)8-13-10-2-3-10/h4-7,10,13H,2-3,8H2,1H3. The monoisotopic (exact) mass is 229 g/mol. The van der Waals surface area contributed by atoms with Gasteiger partial charge in [0.05, 0.1) is 11.4 Å². The van der Waals surface area contributed by atoms with Crippen molar-refractivity contribution in [2.75, 3.05) is 0 Å². The van der Waals surface area contributed by atoms with E-state index in [4.69, 9.17) is 0 Å². The van der Waals surface area contributed by atoms with Crippen LogP contribution in [0.25, 0.3) is 5.82 Å². The summed E-state index contributed by atoms with van der Waals surface area (Å²) < 4.78 is 1.74. The molecule has 0 spiro atoms. The van der Waals surface area contributed by atoms with Gasteiger partial charge in [0.2, 0.25) is 0 Å². The number of rotatable bonds is 4. The Morgan fingerprint density at radius 1 is 1.29 bits per heavy atom. The lowest BCUT2D eigenvalue weighted by atomic mass is 10.4. The molecule has 5 nitrogen and oxygen atoms in total. The van der Waals surface area contributed by atoms with Crippen LogP contribution in [0.3, 0.4) is 0 Å². The van der Waals surface area contributed by atoms with Gasteiger partial charge in [0.1, 0.15) is 0 Å². The molecular weight excluding hydrogens is 214 g/mol. The van der Waals surface area contributed by atoms with Crippen molar-refractivity contribution in [1.82, 2.24) is 25.3 Å². The molecule has 0 aliphatic heterocycles. The highest BCUT2D eigenvalue weighted by molar-refractivity contribution is 5.21. The quantitative estimate of drug-likeness (QED) is 0.856. The zero-order valence-electron chi connectivity index (χ0n) is 9.80. The van der Waals surface area contributed by atoms with E-state index in [0.717, 1.165) is 23.8 Å². The summed E-state index contributed by atoms with van der Waals surface area (Å²) in [6.45, 7) is 2.76. The molecule has 3 rings (SSSR count). The maximum atomic E-state index is 4.29. The van der Waals surface area contributed by atoms with Crippen LogP contribution in [-0.2, 0) is 6.54 Å². The van der Waals surface area contributed by atoms with Gasteiger partial charge in [-0.1, -0.05) is 0 Å². The fraction of sp³-hybridized carbons (Fsp3) is 0.417. The molecule has 1 saturated carbocycles. The SMILES string of the molecule is Cc1ccn(-c2ccc(CNC3CC3)nn2)n1. The van der Waals surface area contributed by atoms with Crippen LogP contribution >= 0.6 is 0 Å². The lowest BCUT2D eigenvalue weighted by molar-refractivity contribution is 0.661. The first-order valence-corrected chi connectivity index (χ1v) is 5.90. The van der Waals surface area contributed by atoms with Gasteiger partial charge in [0, 0.05) is 18.8 Å². The van der Waals surface area contributed by atoms with E-state index in [1.165, 1.54) is 12.8 Å². The van der Waals surface area contributed by atoms with Gasteiger partial charge in [-0.15, -0.1) is 5.10 Å². The van der Waals surface area contributed by atoms with Crippen LogP contribution in [0.1, 0.15) is 24.2 Å². The van der Waals surface area contributed by atoms with Crippen LogP contribution in [0.4, 0.5) is 0 Å². The molecule has 1 aliphatic rings. The number of nitrogens with zero attached hydrogens (tertiary/aromatic N) is 4. The van der Waals surface area contributed by atoms with Crippen molar-refractivity contribution >= 4 is 0 Å². The van der Waals surface area contributed by atoms with Crippen molar-refractivity contribution in [3.05, 3.63) is 35.8 Å². The summed E-state index contributed by atoms with van der Waals surface area (Å²) in [5.74, 6) is 0.758. The topological polar surface area (TPSA) is 55.6 Å². The van der Waals surface area contributed by atoms with Crippen LogP contribution in [-0.4, -0.2) is 26.0 Å². The van der Waals surface area contributed by atoms with Crippen molar-refractivity contribution < 1.29 is 0 Å². The Morgan fingerprint density at radius 3 is 2.76 bits per heavy atom. The normalized spacial score (nSPS) is 15.1. The second kappa shape index (κ2) is 4.25. The molecule has 88 valence electrons. The van der Waals surface area contributed by atoms with E-state index in [1.54, 1.807) is 4.68 Å². The molecule has 17 heavy (non-hydrogen) atoms. The Bertz CT molecular complexity index is 498. The third kappa shape index (κ3) is 2.50. The average Bonchev–Trinajstić information content (AvgIpc) is 3.09. The minimum absolute atomic E-state index is 0.699. The molecular formula is C12H15N5. The Morgan fingerprint density at radius 2 is 2.18 bits per heavy atom. The van der Waals surface area contributed by atoms with E-state index in [-0.39, 0.29) is 0 Å². The molecule has 5 heteroatoms. The van der Waals surface area contributed by atoms with E-state index in [2.05, 4.69) is 20.6 Å². The van der Waals surface area contributed by atoms with E-state index >= 15 is 0 Å². The Kier molecular flexibility index (Phi) is 2.60. The van der Waals surface area contributed by atoms with Gasteiger partial charge in [0.25, 0.3) is 0 Å². The Labute approximate surface area is 99.9 Å². The first-order valence-electron chi connectivity index (χ1n) is 5.90. The lowest BCUT2D eigenvalue weighted by Gasteiger charge is -2.03. The number of aryl methyl sites for hydroxylation is 1. The molecule has 0 radical (unpaired) electrons. The van der Waals surface area contributed by atoms with Crippen molar-refractivity contribution in [2.45, 2.75) is 32.4 Å².